The van der Waals surface area contributed by atoms with Crippen molar-refractivity contribution in [2.24, 2.45) is 5.10 Å². The SMILES string of the molecule is COc1cc([N+](=O)[O-])cc(/C=N\NC(=O)c2cccn(C(C)C)c2=O)c1O. The number of aromatic hydroxyl groups is 1. The first kappa shape index (κ1) is 19.6. The molecule has 2 N–H and O–H groups in total. The first-order valence-electron chi connectivity index (χ1n) is 7.86. The number of phenols is 1. The lowest BCUT2D eigenvalue weighted by molar-refractivity contribution is -0.385. The lowest BCUT2D eigenvalue weighted by atomic mass is 10.2. The number of pyridine rings is 1. The van der Waals surface area contributed by atoms with Crippen LogP contribution in [0.2, 0.25) is 0 Å². The third kappa shape index (κ3) is 4.29. The molecule has 10 nitrogen and oxygen atoms in total. The lowest BCUT2D eigenvalue weighted by Gasteiger charge is -2.10. The van der Waals surface area contributed by atoms with Crippen molar-refractivity contribution in [1.82, 2.24) is 9.99 Å². The van der Waals surface area contributed by atoms with Gasteiger partial charge in [-0.15, -0.1) is 0 Å². The van der Waals surface area contributed by atoms with Crippen LogP contribution in [-0.2, 0) is 0 Å². The molecule has 142 valence electrons. The average Bonchev–Trinajstić information content (AvgIpc) is 2.62. The van der Waals surface area contributed by atoms with E-state index < -0.39 is 16.4 Å². The highest BCUT2D eigenvalue weighted by molar-refractivity contribution is 5.95. The number of hydrogen-bond donors (Lipinski definition) is 2. The zero-order valence-electron chi connectivity index (χ0n) is 14.9. The molecule has 1 aromatic carbocycles. The predicted molar refractivity (Wildman–Crippen MR) is 97.5 cm³/mol. The van der Waals surface area contributed by atoms with E-state index in [0.29, 0.717) is 0 Å². The molecule has 27 heavy (non-hydrogen) atoms. The third-order valence-electron chi connectivity index (χ3n) is 3.67. The second-order valence-electron chi connectivity index (χ2n) is 5.77. The van der Waals surface area contributed by atoms with Gasteiger partial charge in [-0.1, -0.05) is 0 Å². The number of nitro groups is 1. The van der Waals surface area contributed by atoms with Crippen LogP contribution in [0.4, 0.5) is 5.69 Å². The molecule has 1 amide bonds. The van der Waals surface area contributed by atoms with E-state index >= 15 is 0 Å². The molecule has 0 aliphatic heterocycles. The minimum Gasteiger partial charge on any atom is -0.504 e. The molecule has 0 radical (unpaired) electrons. The highest BCUT2D eigenvalue weighted by atomic mass is 16.6. The van der Waals surface area contributed by atoms with Crippen LogP contribution < -0.4 is 15.7 Å². The van der Waals surface area contributed by atoms with Crippen LogP contribution in [0.15, 0.2) is 40.4 Å². The van der Waals surface area contributed by atoms with E-state index in [0.717, 1.165) is 18.3 Å². The van der Waals surface area contributed by atoms with Gasteiger partial charge in [-0.2, -0.15) is 5.10 Å². The number of hydrazone groups is 1. The number of nitro benzene ring substituents is 1. The van der Waals surface area contributed by atoms with Gasteiger partial charge in [-0.05, 0) is 26.0 Å². The Morgan fingerprint density at radius 2 is 2.15 bits per heavy atom. The van der Waals surface area contributed by atoms with Crippen LogP contribution in [-0.4, -0.2) is 33.8 Å². The molecule has 0 saturated carbocycles. The van der Waals surface area contributed by atoms with Gasteiger partial charge >= 0.3 is 0 Å². The van der Waals surface area contributed by atoms with E-state index in [1.54, 1.807) is 26.1 Å². The van der Waals surface area contributed by atoms with E-state index in [4.69, 9.17) is 4.74 Å². The van der Waals surface area contributed by atoms with Gasteiger partial charge < -0.3 is 14.4 Å². The maximum atomic E-state index is 12.3. The summed E-state index contributed by atoms with van der Waals surface area (Å²) >= 11 is 0. The van der Waals surface area contributed by atoms with Crippen LogP contribution in [0.1, 0.15) is 35.8 Å². The molecule has 2 aromatic rings. The Balaban J connectivity index is 2.27. The van der Waals surface area contributed by atoms with Crippen molar-refractivity contribution in [3.8, 4) is 11.5 Å². The van der Waals surface area contributed by atoms with Gasteiger partial charge in [0.25, 0.3) is 17.2 Å². The van der Waals surface area contributed by atoms with Crippen molar-refractivity contribution in [2.45, 2.75) is 19.9 Å². The number of methoxy groups -OCH3 is 1. The smallest absolute Gasteiger partial charge is 0.276 e. The Hall–Kier alpha value is -3.69. The molecular formula is C17H18N4O6. The van der Waals surface area contributed by atoms with Crippen LogP contribution in [0.5, 0.6) is 11.5 Å². The first-order chi connectivity index (χ1) is 12.8. The second-order valence-corrected chi connectivity index (χ2v) is 5.77. The number of non-ortho nitro benzene ring substituents is 1. The van der Waals surface area contributed by atoms with Crippen molar-refractivity contribution in [1.29, 1.82) is 0 Å². The van der Waals surface area contributed by atoms with E-state index in [2.05, 4.69) is 10.5 Å². The molecule has 0 aliphatic rings. The van der Waals surface area contributed by atoms with Crippen LogP contribution in [0, 0.1) is 10.1 Å². The molecule has 0 saturated heterocycles. The number of phenolic OH excluding ortho intramolecular Hbond substituents is 1. The molecule has 0 unspecified atom stereocenters. The largest absolute Gasteiger partial charge is 0.504 e. The number of amides is 1. The number of carbonyl (C=O) groups excluding carboxylic acids is 1. The van der Waals surface area contributed by atoms with E-state index in [1.807, 2.05) is 0 Å². The Bertz CT molecular complexity index is 964. The molecule has 0 spiro atoms. The Morgan fingerprint density at radius 3 is 2.74 bits per heavy atom. The van der Waals surface area contributed by atoms with Crippen LogP contribution in [0.25, 0.3) is 0 Å². The number of nitrogens with one attached hydrogen (secondary N) is 1. The highest BCUT2D eigenvalue weighted by Gasteiger charge is 2.16. The normalized spacial score (nSPS) is 11.0. The summed E-state index contributed by atoms with van der Waals surface area (Å²) in [6.07, 6.45) is 2.59. The van der Waals surface area contributed by atoms with Crippen LogP contribution >= 0.6 is 0 Å². The molecule has 0 atom stereocenters. The van der Waals surface area contributed by atoms with Crippen molar-refractivity contribution < 1.29 is 19.6 Å². The molecule has 0 aliphatic carbocycles. The molecule has 0 bridgehead atoms. The standard InChI is InChI=1S/C17H18N4O6/c1-10(2)20-6-4-5-13(17(20)24)16(23)19-18-9-11-7-12(21(25)26)8-14(27-3)15(11)22/h4-10,22H,1-3H3,(H,19,23)/b18-9-. The summed E-state index contributed by atoms with van der Waals surface area (Å²) in [4.78, 5) is 34.7. The zero-order valence-corrected chi connectivity index (χ0v) is 14.9. The van der Waals surface area contributed by atoms with Gasteiger partial charge in [0.15, 0.2) is 11.5 Å². The Kier molecular flexibility index (Phi) is 5.91. The number of carbonyl (C=O) groups is 1. The van der Waals surface area contributed by atoms with Gasteiger partial charge in [0.05, 0.1) is 24.3 Å². The maximum Gasteiger partial charge on any atom is 0.276 e. The van der Waals surface area contributed by atoms with Crippen molar-refractivity contribution >= 4 is 17.8 Å². The predicted octanol–water partition coefficient (Wildman–Crippen LogP) is 1.82. The maximum absolute atomic E-state index is 12.3. The molecular weight excluding hydrogens is 356 g/mol. The number of ether oxygens (including phenoxy) is 1. The topological polar surface area (TPSA) is 136 Å². The number of benzene rings is 1. The minimum atomic E-state index is -0.747. The molecule has 10 heteroatoms. The van der Waals surface area contributed by atoms with Crippen molar-refractivity contribution in [3.05, 3.63) is 62.1 Å². The Labute approximate surface area is 153 Å². The zero-order chi connectivity index (χ0) is 20.1. The average molecular weight is 374 g/mol. The molecule has 1 heterocycles. The van der Waals surface area contributed by atoms with Gasteiger partial charge in [0.2, 0.25) is 0 Å². The lowest BCUT2D eigenvalue weighted by Crippen LogP contribution is -2.31. The molecule has 1 aromatic heterocycles. The summed E-state index contributed by atoms with van der Waals surface area (Å²) < 4.78 is 6.28. The van der Waals surface area contributed by atoms with Gasteiger partial charge in [0, 0.05) is 23.9 Å². The van der Waals surface area contributed by atoms with Crippen molar-refractivity contribution in [2.75, 3.05) is 7.11 Å². The fourth-order valence-corrected chi connectivity index (χ4v) is 2.28. The number of aromatic nitrogens is 1. The quantitative estimate of drug-likeness (QED) is 0.450. The number of hydrogen-bond acceptors (Lipinski definition) is 7. The molecule has 2 rings (SSSR count). The second kappa shape index (κ2) is 8.13. The minimum absolute atomic E-state index is 0.0333. The van der Waals surface area contributed by atoms with Gasteiger partial charge in [-0.25, -0.2) is 5.43 Å². The van der Waals surface area contributed by atoms with Gasteiger partial charge in [-0.3, -0.25) is 19.7 Å². The Morgan fingerprint density at radius 1 is 1.44 bits per heavy atom. The number of rotatable bonds is 6. The fourth-order valence-electron chi connectivity index (χ4n) is 2.28. The summed E-state index contributed by atoms with van der Waals surface area (Å²) in [5.41, 5.74) is 1.23. The van der Waals surface area contributed by atoms with Crippen LogP contribution in [0.3, 0.4) is 0 Å². The first-order valence-corrected chi connectivity index (χ1v) is 7.86. The fraction of sp³-hybridized carbons (Fsp3) is 0.235. The third-order valence-corrected chi connectivity index (χ3v) is 3.67. The van der Waals surface area contributed by atoms with Crippen molar-refractivity contribution in [3.63, 3.8) is 0 Å². The summed E-state index contributed by atoms with van der Waals surface area (Å²) in [7, 11) is 1.25. The number of nitrogens with zero attached hydrogens (tertiary/aromatic N) is 3. The summed E-state index contributed by atoms with van der Waals surface area (Å²) in [5.74, 6) is -1.23. The van der Waals surface area contributed by atoms with Gasteiger partial charge in [0.1, 0.15) is 5.56 Å². The summed E-state index contributed by atoms with van der Waals surface area (Å²) in [6.45, 7) is 3.61. The molecule has 0 fully saturated rings. The summed E-state index contributed by atoms with van der Waals surface area (Å²) in [5, 5.41) is 24.6. The highest BCUT2D eigenvalue weighted by Crippen LogP contribution is 2.33. The summed E-state index contributed by atoms with van der Waals surface area (Å²) in [6, 6.07) is 4.94. The van der Waals surface area contributed by atoms with E-state index in [9.17, 15) is 24.8 Å². The monoisotopic (exact) mass is 374 g/mol. The van der Waals surface area contributed by atoms with E-state index in [-0.39, 0.29) is 34.4 Å². The van der Waals surface area contributed by atoms with E-state index in [1.165, 1.54) is 17.7 Å².